The van der Waals surface area contributed by atoms with Crippen LogP contribution in [0.15, 0.2) is 47.4 Å². The first-order valence-corrected chi connectivity index (χ1v) is 13.0. The fourth-order valence-corrected chi connectivity index (χ4v) is 6.39. The summed E-state index contributed by atoms with van der Waals surface area (Å²) in [5.41, 5.74) is 1.45. The second kappa shape index (κ2) is 9.04. The average molecular weight is 509 g/mol. The van der Waals surface area contributed by atoms with Crippen molar-refractivity contribution in [1.29, 1.82) is 5.26 Å². The van der Waals surface area contributed by atoms with Crippen molar-refractivity contribution >= 4 is 26.8 Å². The molecule has 0 unspecified atom stereocenters. The summed E-state index contributed by atoms with van der Waals surface area (Å²) in [6.45, 7) is 0.594. The van der Waals surface area contributed by atoms with Crippen molar-refractivity contribution < 1.29 is 22.7 Å². The van der Waals surface area contributed by atoms with Crippen LogP contribution in [0.3, 0.4) is 0 Å². The van der Waals surface area contributed by atoms with E-state index in [-0.39, 0.29) is 31.9 Å². The number of fused-ring (bicyclic) bond motifs is 1. The molecular formula is C25H24N4O6S. The van der Waals surface area contributed by atoms with Gasteiger partial charge in [-0.3, -0.25) is 14.6 Å². The van der Waals surface area contributed by atoms with Gasteiger partial charge in [0.2, 0.25) is 0 Å². The molecule has 0 radical (unpaired) electrons. The molecule has 10 nitrogen and oxygen atoms in total. The molecule has 0 bridgehead atoms. The molecule has 1 aromatic carbocycles. The number of hydrogen-bond acceptors (Lipinski definition) is 8. The third-order valence-electron chi connectivity index (χ3n) is 6.80. The minimum absolute atomic E-state index is 0.0219. The van der Waals surface area contributed by atoms with Gasteiger partial charge in [0, 0.05) is 25.9 Å². The Balaban J connectivity index is 1.36. The zero-order chi connectivity index (χ0) is 25.5. The van der Waals surface area contributed by atoms with Crippen LogP contribution in [0.4, 0.5) is 0 Å². The molecule has 2 aliphatic rings. The summed E-state index contributed by atoms with van der Waals surface area (Å²) in [5, 5.41) is 11.1. The first-order chi connectivity index (χ1) is 17.3. The minimum atomic E-state index is -3.39. The van der Waals surface area contributed by atoms with Crippen LogP contribution < -0.4 is 15.6 Å². The number of carbonyl (C=O) groups is 1. The highest BCUT2D eigenvalue weighted by Crippen LogP contribution is 2.47. The Labute approximate surface area is 207 Å². The number of ether oxygens (including phenoxy) is 2. The number of nitrogens with one attached hydrogen (secondary N) is 1. The van der Waals surface area contributed by atoms with E-state index in [0.717, 1.165) is 5.56 Å². The summed E-state index contributed by atoms with van der Waals surface area (Å²) >= 11 is 0. The number of nitriles is 1. The molecular weight excluding hydrogens is 484 g/mol. The summed E-state index contributed by atoms with van der Waals surface area (Å²) in [5.74, 6) is -0.226. The summed E-state index contributed by atoms with van der Waals surface area (Å²) in [6, 6.07) is 11.8. The first-order valence-electron chi connectivity index (χ1n) is 11.5. The van der Waals surface area contributed by atoms with E-state index in [0.29, 0.717) is 35.2 Å². The third kappa shape index (κ3) is 4.12. The largest absolute Gasteiger partial charge is 0.490 e. The van der Waals surface area contributed by atoms with Gasteiger partial charge in [-0.25, -0.2) is 8.42 Å². The molecule has 1 aliphatic heterocycles. The molecule has 186 valence electrons. The van der Waals surface area contributed by atoms with Gasteiger partial charge < -0.3 is 19.4 Å². The van der Waals surface area contributed by atoms with Crippen LogP contribution in [-0.4, -0.2) is 53.7 Å². The molecule has 3 heterocycles. The maximum Gasteiger partial charge on any atom is 0.263 e. The minimum Gasteiger partial charge on any atom is -0.490 e. The second-order valence-corrected chi connectivity index (χ2v) is 11.8. The number of aryl methyl sites for hydroxylation is 1. The maximum atomic E-state index is 13.1. The van der Waals surface area contributed by atoms with E-state index in [2.05, 4.69) is 10.3 Å². The van der Waals surface area contributed by atoms with Gasteiger partial charge in [-0.1, -0.05) is 12.1 Å². The molecule has 3 aromatic rings. The van der Waals surface area contributed by atoms with Crippen molar-refractivity contribution in [1.82, 2.24) is 14.9 Å². The van der Waals surface area contributed by atoms with Gasteiger partial charge >= 0.3 is 0 Å². The Morgan fingerprint density at radius 2 is 2.00 bits per heavy atom. The van der Waals surface area contributed by atoms with Crippen LogP contribution in [0.25, 0.3) is 11.0 Å². The molecule has 1 amide bonds. The van der Waals surface area contributed by atoms with Crippen LogP contribution in [0.1, 0.15) is 34.3 Å². The third-order valence-corrected chi connectivity index (χ3v) is 9.68. The molecule has 1 saturated heterocycles. The van der Waals surface area contributed by atoms with Crippen LogP contribution in [0, 0.1) is 11.3 Å². The van der Waals surface area contributed by atoms with E-state index in [1.807, 2.05) is 6.07 Å². The summed E-state index contributed by atoms with van der Waals surface area (Å²) < 4.78 is 37.3. The lowest BCUT2D eigenvalue weighted by Crippen LogP contribution is -2.48. The van der Waals surface area contributed by atoms with E-state index >= 15 is 0 Å². The number of nitrogens with zero attached hydrogens (tertiary/aromatic N) is 3. The molecule has 2 aromatic heterocycles. The van der Waals surface area contributed by atoms with E-state index in [9.17, 15) is 18.0 Å². The number of sulfone groups is 1. The Morgan fingerprint density at radius 1 is 1.28 bits per heavy atom. The molecule has 1 N–H and O–H groups in total. The van der Waals surface area contributed by atoms with Crippen molar-refractivity contribution in [2.24, 2.45) is 7.05 Å². The normalized spacial score (nSPS) is 16.7. The summed E-state index contributed by atoms with van der Waals surface area (Å²) in [4.78, 5) is 30.2. The quantitative estimate of drug-likeness (QED) is 0.482. The zero-order valence-electron chi connectivity index (χ0n) is 19.6. The van der Waals surface area contributed by atoms with Gasteiger partial charge in [-0.15, -0.1) is 0 Å². The SMILES string of the molecule is Cn1c(=O)c(C(=O)NCc2ccc(C#N)cc2)cc2nccc(OCC3(S(=O)(=O)C4COC4)CC3)c21. The fraction of sp³-hybridized carbons (Fsp3) is 0.360. The van der Waals surface area contributed by atoms with E-state index in [1.54, 1.807) is 30.3 Å². The number of amides is 1. The molecule has 11 heteroatoms. The predicted molar refractivity (Wildman–Crippen MR) is 130 cm³/mol. The Bertz CT molecular complexity index is 1550. The highest BCUT2D eigenvalue weighted by molar-refractivity contribution is 7.93. The first kappa shape index (κ1) is 24.0. The molecule has 36 heavy (non-hydrogen) atoms. The van der Waals surface area contributed by atoms with Crippen molar-refractivity contribution in [3.63, 3.8) is 0 Å². The molecule has 0 atom stereocenters. The molecule has 0 spiro atoms. The Hall–Kier alpha value is -3.75. The van der Waals surface area contributed by atoms with Crippen LogP contribution in [0.2, 0.25) is 0 Å². The number of rotatable bonds is 8. The van der Waals surface area contributed by atoms with Crippen molar-refractivity contribution in [2.75, 3.05) is 19.8 Å². The number of carbonyl (C=O) groups excluding carboxylic acids is 1. The van der Waals surface area contributed by atoms with Gasteiger partial charge in [-0.2, -0.15) is 5.26 Å². The van der Waals surface area contributed by atoms with Crippen LogP contribution >= 0.6 is 0 Å². The monoisotopic (exact) mass is 508 g/mol. The standard InChI is InChI=1S/C25H24N4O6S/c1-29-22-20(10-19(24(29)31)23(30)28-12-17-4-2-16(11-26)3-5-17)27-9-6-21(22)35-15-25(7-8-25)36(32,33)18-13-34-14-18/h2-6,9-10,18H,7-8,12-15H2,1H3,(H,28,30). The van der Waals surface area contributed by atoms with Crippen LogP contribution in [0.5, 0.6) is 5.75 Å². The predicted octanol–water partition coefficient (Wildman–Crippen LogP) is 1.46. The highest BCUT2D eigenvalue weighted by atomic mass is 32.2. The molecule has 2 fully saturated rings. The fourth-order valence-electron chi connectivity index (χ4n) is 4.24. The smallest absolute Gasteiger partial charge is 0.263 e. The van der Waals surface area contributed by atoms with Gasteiger partial charge in [0.05, 0.1) is 30.4 Å². The summed E-state index contributed by atoms with van der Waals surface area (Å²) in [7, 11) is -1.87. The van der Waals surface area contributed by atoms with Gasteiger partial charge in [0.25, 0.3) is 11.5 Å². The lowest BCUT2D eigenvalue weighted by atomic mass is 10.1. The number of aromatic nitrogens is 2. The number of benzene rings is 1. The van der Waals surface area contributed by atoms with E-state index < -0.39 is 31.3 Å². The lowest BCUT2D eigenvalue weighted by molar-refractivity contribution is 0.0408. The average Bonchev–Trinajstić information content (AvgIpc) is 3.64. The van der Waals surface area contributed by atoms with E-state index in [1.165, 1.54) is 23.9 Å². The molecule has 1 aliphatic carbocycles. The lowest BCUT2D eigenvalue weighted by Gasteiger charge is -2.30. The van der Waals surface area contributed by atoms with Crippen molar-refractivity contribution in [3.8, 4) is 11.8 Å². The zero-order valence-corrected chi connectivity index (χ0v) is 20.4. The van der Waals surface area contributed by atoms with Gasteiger partial charge in [-0.05, 0) is 36.6 Å². The van der Waals surface area contributed by atoms with E-state index in [4.69, 9.17) is 14.7 Å². The number of hydrogen-bond donors (Lipinski definition) is 1. The Morgan fingerprint density at radius 3 is 2.61 bits per heavy atom. The Kier molecular flexibility index (Phi) is 6.02. The maximum absolute atomic E-state index is 13.1. The molecule has 5 rings (SSSR count). The second-order valence-electron chi connectivity index (χ2n) is 9.13. The van der Waals surface area contributed by atoms with Gasteiger partial charge in [0.1, 0.15) is 33.4 Å². The van der Waals surface area contributed by atoms with Crippen molar-refractivity contribution in [3.05, 3.63) is 69.6 Å². The highest BCUT2D eigenvalue weighted by Gasteiger charge is 2.59. The number of pyridine rings is 2. The van der Waals surface area contributed by atoms with Crippen LogP contribution in [-0.2, 0) is 28.2 Å². The summed E-state index contributed by atoms with van der Waals surface area (Å²) in [6.07, 6.45) is 2.54. The topological polar surface area (TPSA) is 140 Å². The van der Waals surface area contributed by atoms with Crippen molar-refractivity contribution in [2.45, 2.75) is 29.4 Å². The molecule has 1 saturated carbocycles. The van der Waals surface area contributed by atoms with Gasteiger partial charge in [0.15, 0.2) is 9.84 Å².